The molecule has 2 aromatic rings. The number of rotatable bonds is 0. The quantitative estimate of drug-likeness (QED) is 0.371. The minimum Gasteiger partial charge on any atom is -0.387 e. The molecule has 1 aromatic carbocycles. The smallest absolute Gasteiger partial charge is 0.225 e. The first-order valence-corrected chi connectivity index (χ1v) is 6.02. The van der Waals surface area contributed by atoms with Crippen LogP contribution in [0.2, 0.25) is 0 Å². The Kier molecular flexibility index (Phi) is 3.90. The minimum absolute atomic E-state index is 0. The molecule has 0 bridgehead atoms. The first kappa shape index (κ1) is 11.2. The largest absolute Gasteiger partial charge is 0.387 e. The molecule has 0 saturated heterocycles. The van der Waals surface area contributed by atoms with E-state index in [1.165, 1.54) is 14.2 Å². The molecule has 1 aromatic heterocycles. The molecule has 63 valence electrons. The summed E-state index contributed by atoms with van der Waals surface area (Å²) in [5, 5.41) is 1.33. The van der Waals surface area contributed by atoms with Gasteiger partial charge >= 0.3 is 0 Å². The first-order chi connectivity index (χ1) is 5.79. The van der Waals surface area contributed by atoms with E-state index in [0.717, 1.165) is 38.1 Å². The van der Waals surface area contributed by atoms with Gasteiger partial charge in [-0.15, -0.1) is 5.39 Å². The maximum Gasteiger partial charge on any atom is 0.225 e. The molecule has 0 aliphatic heterocycles. The third-order valence-electron chi connectivity index (χ3n) is 2.21. The normalized spacial score (nSPS) is 9.54. The molecule has 1 nitrogen and oxygen atoms in total. The van der Waals surface area contributed by atoms with Crippen LogP contribution in [-0.2, 0) is 0 Å². The van der Waals surface area contributed by atoms with Crippen LogP contribution in [0.4, 0.5) is 0 Å². The van der Waals surface area contributed by atoms with Gasteiger partial charge in [-0.3, -0.25) is 0 Å². The van der Waals surface area contributed by atoms with Crippen LogP contribution in [0.15, 0.2) is 24.3 Å². The van der Waals surface area contributed by atoms with E-state index < -0.39 is 0 Å². The van der Waals surface area contributed by atoms with Crippen LogP contribution in [0.25, 0.3) is 10.9 Å². The summed E-state index contributed by atoms with van der Waals surface area (Å²) in [6, 6.07) is 8.30. The Labute approximate surface area is 102 Å². The number of nitrogens with zero attached hydrogens (tertiary/aromatic N) is 1. The van der Waals surface area contributed by atoms with Crippen molar-refractivity contribution >= 4 is 52.3 Å². The summed E-state index contributed by atoms with van der Waals surface area (Å²) in [6.07, 6.45) is 3.09. The van der Waals surface area contributed by atoms with E-state index in [1.54, 1.807) is 0 Å². The maximum absolute atomic E-state index is 4.27. The number of fused-ring (bicyclic) bond motifs is 1. The number of benzene rings is 1. The average molecular weight is 427 g/mol. The second-order valence-corrected chi connectivity index (χ2v) is 4.99. The molecule has 0 aliphatic carbocycles. The van der Waals surface area contributed by atoms with E-state index in [9.17, 15) is 0 Å². The van der Waals surface area contributed by atoms with Crippen molar-refractivity contribution in [2.24, 2.45) is 0 Å². The summed E-state index contributed by atoms with van der Waals surface area (Å²) in [5.41, 5.74) is 1.09. The van der Waals surface area contributed by atoms with Gasteiger partial charge in [0.1, 0.15) is 0 Å². The summed E-state index contributed by atoms with van der Waals surface area (Å²) in [7, 11) is 0. The van der Waals surface area contributed by atoms with E-state index in [0.29, 0.717) is 0 Å². The molecular formula is C9H8Al2AmN-. The van der Waals surface area contributed by atoms with Crippen LogP contribution in [0.5, 0.6) is 0 Å². The predicted octanol–water partition coefficient (Wildman–Crippen LogP) is -1.45. The maximum atomic E-state index is 4.27. The fourth-order valence-corrected chi connectivity index (χ4v) is 2.23. The standard InChI is InChI=1S/C9H4N.2Al.Am.4H/c1-2-6-9-8(4-1)5-3-7-10-9;;;;;;;/h1-2,4,6H;;;;;;;/q-1;;;;;;;. The Morgan fingerprint density at radius 1 is 1.15 bits per heavy atom. The van der Waals surface area contributed by atoms with Crippen molar-refractivity contribution in [2.75, 3.05) is 0 Å². The zero-order valence-electron chi connectivity index (χ0n) is 7.63. The van der Waals surface area contributed by atoms with Gasteiger partial charge in [-0.1, -0.05) is 30.5 Å². The molecule has 0 N–H and O–H groups in total. The van der Waals surface area contributed by atoms with Gasteiger partial charge in [-0.05, 0) is 5.52 Å². The van der Waals surface area contributed by atoms with Crippen LogP contribution in [0.1, 0.15) is 0 Å². The number of para-hydroxylation sites is 1. The summed E-state index contributed by atoms with van der Waals surface area (Å²) < 4.78 is 2.81. The van der Waals surface area contributed by atoms with Crippen molar-refractivity contribution in [3.05, 3.63) is 30.5 Å². The van der Waals surface area contributed by atoms with Gasteiger partial charge in [0, 0.05) is 14.3 Å². The molecule has 13 heavy (non-hydrogen) atoms. The summed E-state index contributed by atoms with van der Waals surface area (Å²) in [6.45, 7) is 0. The van der Waals surface area contributed by atoms with Gasteiger partial charge in [-0.2, -0.15) is 0 Å². The van der Waals surface area contributed by atoms with Crippen LogP contribution in [0.3, 0.4) is 0 Å². The molecule has 0 amide bonds. The van der Waals surface area contributed by atoms with Crippen molar-refractivity contribution in [3.8, 4) is 0 Å². The van der Waals surface area contributed by atoms with Gasteiger partial charge in [-0.25, -0.2) is 8.85 Å². The van der Waals surface area contributed by atoms with Gasteiger partial charge in [0.05, 0.1) is 0 Å². The third kappa shape index (κ3) is 2.12. The van der Waals surface area contributed by atoms with Crippen LogP contribution in [0, 0.1) is 20.5 Å². The van der Waals surface area contributed by atoms with Crippen molar-refractivity contribution < 1.29 is 14.3 Å². The molecular weight excluding hydrogens is 419 g/mol. The Morgan fingerprint density at radius 3 is 2.62 bits per heavy atom. The molecule has 0 unspecified atom stereocenters. The number of pyridine rings is 1. The molecule has 0 spiro atoms. The van der Waals surface area contributed by atoms with Gasteiger partial charge in [0.15, 0.2) is 16.3 Å². The second kappa shape index (κ2) is 4.54. The predicted molar refractivity (Wildman–Crippen MR) is 56.9 cm³/mol. The van der Waals surface area contributed by atoms with E-state index in [2.05, 4.69) is 23.3 Å². The Hall–Kier alpha value is 0.0845. The topological polar surface area (TPSA) is 12.9 Å². The SMILES string of the molecule is [AlH2][c]1[c-]nc2ccccc2[c]1[AlH2].[Am]. The summed E-state index contributed by atoms with van der Waals surface area (Å²) >= 11 is 2.17. The number of hydrogen-bond donors (Lipinski definition) is 0. The number of hydrogen-bond acceptors (Lipinski definition) is 1. The van der Waals surface area contributed by atoms with Crippen LogP contribution in [-0.4, -0.2) is 37.6 Å². The van der Waals surface area contributed by atoms with Crippen molar-refractivity contribution in [1.29, 1.82) is 0 Å². The number of aromatic nitrogens is 1. The zero-order chi connectivity index (χ0) is 8.55. The summed E-state index contributed by atoms with van der Waals surface area (Å²) in [5.74, 6) is 0. The molecule has 1 radical (unpaired) electrons. The third-order valence-corrected chi connectivity index (χ3v) is 5.48. The summed E-state index contributed by atoms with van der Waals surface area (Å²) in [4.78, 5) is 4.27. The van der Waals surface area contributed by atoms with Crippen LogP contribution >= 0.6 is 0 Å². The fourth-order valence-electron chi connectivity index (χ4n) is 1.32. The molecule has 0 aliphatic rings. The minimum atomic E-state index is 0. The van der Waals surface area contributed by atoms with Gasteiger partial charge in [0.2, 0.25) is 16.3 Å². The van der Waals surface area contributed by atoms with E-state index in [-0.39, 0.29) is 14.3 Å². The first-order valence-electron chi connectivity index (χ1n) is 4.02. The van der Waals surface area contributed by atoms with E-state index in [4.69, 9.17) is 0 Å². The monoisotopic (exact) mass is 425 g/mol. The molecule has 2 rings (SSSR count). The van der Waals surface area contributed by atoms with E-state index in [1.807, 2.05) is 12.1 Å². The van der Waals surface area contributed by atoms with Crippen molar-refractivity contribution in [3.63, 3.8) is 0 Å². The van der Waals surface area contributed by atoms with Crippen LogP contribution < -0.4 is 8.85 Å². The molecule has 4 heteroatoms. The molecule has 1 heterocycles. The van der Waals surface area contributed by atoms with E-state index >= 15 is 0 Å². The zero-order valence-corrected chi connectivity index (χ0v) is 14.8. The molecule has 0 fully saturated rings. The fraction of sp³-hybridized carbons (Fsp3) is 0. The second-order valence-electron chi connectivity index (χ2n) is 2.99. The Morgan fingerprint density at radius 2 is 1.85 bits per heavy atom. The van der Waals surface area contributed by atoms with Gasteiger partial charge < -0.3 is 4.98 Å². The van der Waals surface area contributed by atoms with Crippen molar-refractivity contribution in [2.45, 2.75) is 0 Å². The average Bonchev–Trinajstić information content (AvgIpc) is 2.12. The molecule has 0 saturated carbocycles. The van der Waals surface area contributed by atoms with Crippen molar-refractivity contribution in [1.82, 2.24) is 4.98 Å². The molecule has 0 atom stereocenters. The Bertz CT molecular complexity index is 431. The Balaban J connectivity index is 0.000000845. The van der Waals surface area contributed by atoms with Gasteiger partial charge in [0.25, 0.3) is 0 Å².